The molecule has 0 aliphatic carbocycles. The molecule has 0 unspecified atom stereocenters. The van der Waals surface area contributed by atoms with Crippen LogP contribution in [0.3, 0.4) is 0 Å². The molecule has 0 spiro atoms. The molecule has 3 N–H and O–H groups in total. The van der Waals surface area contributed by atoms with E-state index in [9.17, 15) is 9.59 Å². The Morgan fingerprint density at radius 2 is 2.00 bits per heavy atom. The number of carbonyl (C=O) groups is 2. The van der Waals surface area contributed by atoms with Crippen LogP contribution in [0.4, 0.5) is 10.5 Å². The van der Waals surface area contributed by atoms with Gasteiger partial charge in [0.15, 0.2) is 0 Å². The molecule has 1 rings (SSSR count). The Balaban J connectivity index is 2.74. The summed E-state index contributed by atoms with van der Waals surface area (Å²) in [6, 6.07) is 4.51. The number of amides is 2. The lowest BCUT2D eigenvalue weighted by Crippen LogP contribution is -2.51. The van der Waals surface area contributed by atoms with Crippen LogP contribution in [0, 0.1) is 3.57 Å². The standard InChI is InChI=1S/C11H12ClIN2O3/c1-11(2,9(16)17)15-10(18)14-8-4-3-6(13)5-7(8)12/h3-5H,1-2H3,(H,16,17)(H2,14,15,18). The Bertz CT molecular complexity index is 491. The molecule has 0 heterocycles. The largest absolute Gasteiger partial charge is 0.480 e. The second kappa shape index (κ2) is 5.75. The first-order valence-corrected chi connectivity index (χ1v) is 6.45. The number of urea groups is 1. The van der Waals surface area contributed by atoms with Gasteiger partial charge in [-0.1, -0.05) is 11.6 Å². The van der Waals surface area contributed by atoms with E-state index in [0.29, 0.717) is 10.7 Å². The van der Waals surface area contributed by atoms with Crippen LogP contribution in [0.5, 0.6) is 0 Å². The molecule has 0 saturated carbocycles. The van der Waals surface area contributed by atoms with E-state index in [1.807, 2.05) is 0 Å². The molecular formula is C11H12ClIN2O3. The van der Waals surface area contributed by atoms with Crippen molar-refractivity contribution in [3.8, 4) is 0 Å². The van der Waals surface area contributed by atoms with Crippen molar-refractivity contribution in [3.63, 3.8) is 0 Å². The summed E-state index contributed by atoms with van der Waals surface area (Å²) in [5, 5.41) is 14.1. The lowest BCUT2D eigenvalue weighted by molar-refractivity contribution is -0.142. The van der Waals surface area contributed by atoms with Crippen molar-refractivity contribution in [1.82, 2.24) is 5.32 Å². The van der Waals surface area contributed by atoms with Crippen molar-refractivity contribution < 1.29 is 14.7 Å². The van der Waals surface area contributed by atoms with E-state index in [-0.39, 0.29) is 0 Å². The van der Waals surface area contributed by atoms with E-state index in [4.69, 9.17) is 16.7 Å². The number of benzene rings is 1. The fourth-order valence-corrected chi connectivity index (χ4v) is 1.98. The normalized spacial score (nSPS) is 10.9. The molecule has 7 heteroatoms. The fraction of sp³-hybridized carbons (Fsp3) is 0.273. The third-order valence-electron chi connectivity index (χ3n) is 2.14. The molecule has 2 amide bonds. The minimum absolute atomic E-state index is 0.394. The average molecular weight is 383 g/mol. The molecule has 0 fully saturated rings. The first-order valence-electron chi connectivity index (χ1n) is 5.00. The number of rotatable bonds is 3. The van der Waals surface area contributed by atoms with E-state index in [1.165, 1.54) is 13.8 Å². The summed E-state index contributed by atoms with van der Waals surface area (Å²) in [4.78, 5) is 22.5. The van der Waals surface area contributed by atoms with E-state index >= 15 is 0 Å². The van der Waals surface area contributed by atoms with Gasteiger partial charge in [-0.2, -0.15) is 0 Å². The molecule has 0 radical (unpaired) electrons. The average Bonchev–Trinajstić information content (AvgIpc) is 2.21. The molecule has 0 saturated heterocycles. The van der Waals surface area contributed by atoms with Gasteiger partial charge in [0.2, 0.25) is 0 Å². The van der Waals surface area contributed by atoms with E-state index < -0.39 is 17.5 Å². The van der Waals surface area contributed by atoms with Crippen LogP contribution in [0.2, 0.25) is 5.02 Å². The minimum atomic E-state index is -1.35. The lowest BCUT2D eigenvalue weighted by Gasteiger charge is -2.21. The van der Waals surface area contributed by atoms with Crippen molar-refractivity contribution in [2.24, 2.45) is 0 Å². The second-order valence-electron chi connectivity index (χ2n) is 4.13. The summed E-state index contributed by atoms with van der Waals surface area (Å²) >= 11 is 8.04. The van der Waals surface area contributed by atoms with Crippen LogP contribution in [-0.4, -0.2) is 22.6 Å². The molecule has 1 aromatic carbocycles. The number of carboxylic acid groups (broad SMARTS) is 1. The SMILES string of the molecule is CC(C)(NC(=O)Nc1ccc(I)cc1Cl)C(=O)O. The highest BCUT2D eigenvalue weighted by molar-refractivity contribution is 14.1. The van der Waals surface area contributed by atoms with E-state index in [0.717, 1.165) is 3.57 Å². The molecule has 5 nitrogen and oxygen atoms in total. The van der Waals surface area contributed by atoms with Crippen molar-refractivity contribution in [2.45, 2.75) is 19.4 Å². The number of carbonyl (C=O) groups excluding carboxylic acids is 1. The van der Waals surface area contributed by atoms with Gasteiger partial charge in [-0.3, -0.25) is 0 Å². The fourth-order valence-electron chi connectivity index (χ4n) is 1.08. The summed E-state index contributed by atoms with van der Waals surface area (Å²) in [6.45, 7) is 2.79. The monoisotopic (exact) mass is 382 g/mol. The number of anilines is 1. The molecular weight excluding hydrogens is 370 g/mol. The molecule has 98 valence electrons. The third kappa shape index (κ3) is 4.02. The number of halogens is 2. The van der Waals surface area contributed by atoms with Crippen LogP contribution < -0.4 is 10.6 Å². The van der Waals surface area contributed by atoms with Gasteiger partial charge in [0.25, 0.3) is 0 Å². The highest BCUT2D eigenvalue weighted by atomic mass is 127. The Morgan fingerprint density at radius 3 is 2.50 bits per heavy atom. The number of hydrogen-bond acceptors (Lipinski definition) is 2. The van der Waals surface area contributed by atoms with Gasteiger partial charge >= 0.3 is 12.0 Å². The zero-order valence-corrected chi connectivity index (χ0v) is 12.7. The molecule has 0 atom stereocenters. The third-order valence-corrected chi connectivity index (χ3v) is 3.12. The Hall–Kier alpha value is -1.02. The topological polar surface area (TPSA) is 78.4 Å². The van der Waals surface area contributed by atoms with Crippen LogP contribution >= 0.6 is 34.2 Å². The summed E-state index contributed by atoms with van der Waals surface area (Å²) in [5.74, 6) is -1.12. The summed E-state index contributed by atoms with van der Waals surface area (Å²) in [7, 11) is 0. The van der Waals surface area contributed by atoms with Crippen LogP contribution in [-0.2, 0) is 4.79 Å². The predicted octanol–water partition coefficient (Wildman–Crippen LogP) is 2.93. The number of nitrogens with one attached hydrogen (secondary N) is 2. The van der Waals surface area contributed by atoms with E-state index in [1.54, 1.807) is 18.2 Å². The van der Waals surface area contributed by atoms with Crippen molar-refractivity contribution in [2.75, 3.05) is 5.32 Å². The lowest BCUT2D eigenvalue weighted by atomic mass is 10.1. The quantitative estimate of drug-likeness (QED) is 0.703. The predicted molar refractivity (Wildman–Crippen MR) is 78.0 cm³/mol. The smallest absolute Gasteiger partial charge is 0.328 e. The molecule has 0 bridgehead atoms. The van der Waals surface area contributed by atoms with Crippen LogP contribution in [0.25, 0.3) is 0 Å². The Kier molecular flexibility index (Phi) is 4.80. The zero-order chi connectivity index (χ0) is 13.9. The number of carboxylic acids is 1. The van der Waals surface area contributed by atoms with Crippen LogP contribution in [0.1, 0.15) is 13.8 Å². The molecule has 18 heavy (non-hydrogen) atoms. The van der Waals surface area contributed by atoms with Gasteiger partial charge in [-0.05, 0) is 54.6 Å². The number of hydrogen-bond donors (Lipinski definition) is 3. The van der Waals surface area contributed by atoms with Gasteiger partial charge in [0.05, 0.1) is 10.7 Å². The summed E-state index contributed by atoms with van der Waals surface area (Å²) < 4.78 is 0.939. The molecule has 0 aliphatic rings. The number of aliphatic carboxylic acids is 1. The highest BCUT2D eigenvalue weighted by Crippen LogP contribution is 2.23. The Labute approximate surface area is 123 Å². The van der Waals surface area contributed by atoms with Crippen molar-refractivity contribution in [1.29, 1.82) is 0 Å². The van der Waals surface area contributed by atoms with Crippen LogP contribution in [0.15, 0.2) is 18.2 Å². The van der Waals surface area contributed by atoms with E-state index in [2.05, 4.69) is 33.2 Å². The molecule has 1 aromatic rings. The summed E-state index contributed by atoms with van der Waals surface area (Å²) in [6.07, 6.45) is 0. The van der Waals surface area contributed by atoms with Gasteiger partial charge in [-0.25, -0.2) is 9.59 Å². The highest BCUT2D eigenvalue weighted by Gasteiger charge is 2.29. The van der Waals surface area contributed by atoms with Crippen molar-refractivity contribution in [3.05, 3.63) is 26.8 Å². The van der Waals surface area contributed by atoms with Crippen molar-refractivity contribution >= 4 is 51.9 Å². The minimum Gasteiger partial charge on any atom is -0.480 e. The van der Waals surface area contributed by atoms with Gasteiger partial charge in [0.1, 0.15) is 5.54 Å². The maximum atomic E-state index is 11.6. The van der Waals surface area contributed by atoms with Gasteiger partial charge in [0, 0.05) is 3.57 Å². The molecule has 0 aromatic heterocycles. The maximum absolute atomic E-state index is 11.6. The maximum Gasteiger partial charge on any atom is 0.328 e. The first-order chi connectivity index (χ1) is 8.22. The zero-order valence-electron chi connectivity index (χ0n) is 9.75. The van der Waals surface area contributed by atoms with Gasteiger partial charge < -0.3 is 15.7 Å². The second-order valence-corrected chi connectivity index (χ2v) is 5.79. The summed E-state index contributed by atoms with van der Waals surface area (Å²) in [5.41, 5.74) is -0.921. The molecule has 0 aliphatic heterocycles. The Morgan fingerprint density at radius 1 is 1.39 bits per heavy atom. The van der Waals surface area contributed by atoms with Gasteiger partial charge in [-0.15, -0.1) is 0 Å². The first kappa shape index (κ1) is 15.0.